The smallest absolute Gasteiger partial charge is 0.295 e. The number of methoxy groups -OCH3 is 1. The lowest BCUT2D eigenvalue weighted by Gasteiger charge is -2.24. The van der Waals surface area contributed by atoms with Crippen molar-refractivity contribution in [2.75, 3.05) is 7.11 Å². The Labute approximate surface area is 185 Å². The van der Waals surface area contributed by atoms with Crippen molar-refractivity contribution in [3.8, 4) is 5.75 Å². The van der Waals surface area contributed by atoms with Gasteiger partial charge >= 0.3 is 0 Å². The number of amides is 1. The number of aliphatic hydroxyl groups excluding tert-OH is 1. The normalized spacial score (nSPS) is 18.1. The Bertz CT molecular complexity index is 1130. The van der Waals surface area contributed by atoms with Crippen LogP contribution >= 0.6 is 27.3 Å². The van der Waals surface area contributed by atoms with Crippen molar-refractivity contribution in [1.82, 2.24) is 9.88 Å². The number of halogens is 1. The van der Waals surface area contributed by atoms with E-state index in [9.17, 15) is 14.7 Å². The number of Topliss-reactive ketones (excluding diaryl/α,β-unsaturated/α-hetero) is 1. The molecule has 8 heteroatoms. The van der Waals surface area contributed by atoms with E-state index in [-0.39, 0.29) is 17.9 Å². The van der Waals surface area contributed by atoms with Crippen LogP contribution in [0.3, 0.4) is 0 Å². The van der Waals surface area contributed by atoms with Crippen molar-refractivity contribution in [1.29, 1.82) is 0 Å². The summed E-state index contributed by atoms with van der Waals surface area (Å²) >= 11 is 4.83. The highest BCUT2D eigenvalue weighted by Gasteiger charge is 2.46. The summed E-state index contributed by atoms with van der Waals surface area (Å²) in [5.74, 6) is -0.960. The molecule has 0 spiro atoms. The van der Waals surface area contributed by atoms with Gasteiger partial charge < -0.3 is 14.7 Å². The molecule has 6 nitrogen and oxygen atoms in total. The fraction of sp³-hybridized carbons (Fsp3) is 0.136. The third kappa shape index (κ3) is 3.64. The maximum atomic E-state index is 13.0. The fourth-order valence-corrected chi connectivity index (χ4v) is 4.83. The molecule has 0 radical (unpaired) electrons. The number of rotatable bonds is 5. The molecular weight excluding hydrogens is 468 g/mol. The highest BCUT2D eigenvalue weighted by Crippen LogP contribution is 2.42. The zero-order valence-electron chi connectivity index (χ0n) is 15.9. The predicted molar refractivity (Wildman–Crippen MR) is 117 cm³/mol. The first-order valence-corrected chi connectivity index (χ1v) is 10.7. The Kier molecular flexibility index (Phi) is 5.69. The summed E-state index contributed by atoms with van der Waals surface area (Å²) in [6, 6.07) is 11.6. The number of hydrogen-bond donors (Lipinski definition) is 1. The lowest BCUT2D eigenvalue weighted by atomic mass is 9.99. The van der Waals surface area contributed by atoms with E-state index >= 15 is 0 Å². The molecule has 0 saturated carbocycles. The van der Waals surface area contributed by atoms with Crippen molar-refractivity contribution >= 4 is 44.7 Å². The highest BCUT2D eigenvalue weighted by molar-refractivity contribution is 9.10. The van der Waals surface area contributed by atoms with Crippen LogP contribution in [0, 0.1) is 0 Å². The number of nitrogens with zero attached hydrogens (tertiary/aromatic N) is 2. The van der Waals surface area contributed by atoms with Gasteiger partial charge in [0.25, 0.3) is 11.7 Å². The van der Waals surface area contributed by atoms with Crippen LogP contribution in [-0.2, 0) is 16.1 Å². The number of thiophene rings is 1. The van der Waals surface area contributed by atoms with E-state index in [1.807, 2.05) is 17.5 Å². The number of pyridine rings is 1. The Balaban J connectivity index is 1.83. The molecule has 2 aromatic heterocycles. The first-order valence-electron chi connectivity index (χ1n) is 9.06. The lowest BCUT2D eigenvalue weighted by Crippen LogP contribution is -2.28. The summed E-state index contributed by atoms with van der Waals surface area (Å²) in [6.07, 6.45) is 3.28. The minimum atomic E-state index is -0.702. The topological polar surface area (TPSA) is 79.7 Å². The Morgan fingerprint density at radius 2 is 2.00 bits per heavy atom. The number of ether oxygens (including phenoxy) is 1. The van der Waals surface area contributed by atoms with E-state index in [4.69, 9.17) is 4.74 Å². The molecule has 1 fully saturated rings. The second-order valence-electron chi connectivity index (χ2n) is 6.65. The average molecular weight is 485 g/mol. The van der Waals surface area contributed by atoms with Crippen LogP contribution in [0.1, 0.15) is 22.0 Å². The maximum Gasteiger partial charge on any atom is 0.295 e. The van der Waals surface area contributed by atoms with E-state index in [0.717, 1.165) is 10.4 Å². The van der Waals surface area contributed by atoms with Crippen LogP contribution in [-0.4, -0.2) is 33.8 Å². The zero-order chi connectivity index (χ0) is 21.3. The van der Waals surface area contributed by atoms with E-state index in [2.05, 4.69) is 20.9 Å². The molecular formula is C22H17BrN2O4S. The highest BCUT2D eigenvalue weighted by atomic mass is 79.9. The molecule has 1 unspecified atom stereocenters. The SMILES string of the molecule is COc1ccc(/C(O)=C2/C(=O)C(=O)N(Cc3ccncc3)C2c2cccs2)cc1Br. The van der Waals surface area contributed by atoms with Gasteiger partial charge in [-0.3, -0.25) is 14.6 Å². The number of benzene rings is 1. The Hall–Kier alpha value is -2.97. The van der Waals surface area contributed by atoms with Gasteiger partial charge in [0, 0.05) is 29.4 Å². The van der Waals surface area contributed by atoms with E-state index in [1.165, 1.54) is 16.2 Å². The third-order valence-corrected chi connectivity index (χ3v) is 6.42. The molecule has 1 atom stereocenters. The van der Waals surface area contributed by atoms with E-state index in [0.29, 0.717) is 15.8 Å². The molecule has 152 valence electrons. The number of ketones is 1. The number of carbonyl (C=O) groups excluding carboxylic acids is 2. The second kappa shape index (κ2) is 8.41. The van der Waals surface area contributed by atoms with Crippen LogP contribution in [0.4, 0.5) is 0 Å². The molecule has 30 heavy (non-hydrogen) atoms. The number of hydrogen-bond acceptors (Lipinski definition) is 6. The Morgan fingerprint density at radius 3 is 2.63 bits per heavy atom. The summed E-state index contributed by atoms with van der Waals surface area (Å²) < 4.78 is 5.86. The van der Waals surface area contributed by atoms with Crippen molar-refractivity contribution in [2.45, 2.75) is 12.6 Å². The van der Waals surface area contributed by atoms with Crippen LogP contribution in [0.15, 0.2) is 70.3 Å². The molecule has 3 aromatic rings. The summed E-state index contributed by atoms with van der Waals surface area (Å²) in [5, 5.41) is 12.9. The first kappa shape index (κ1) is 20.3. The summed E-state index contributed by atoms with van der Waals surface area (Å²) in [4.78, 5) is 32.2. The van der Waals surface area contributed by atoms with Gasteiger partial charge in [-0.25, -0.2) is 0 Å². The number of aromatic nitrogens is 1. The van der Waals surface area contributed by atoms with Crippen LogP contribution < -0.4 is 4.74 Å². The predicted octanol–water partition coefficient (Wildman–Crippen LogP) is 4.54. The summed E-state index contributed by atoms with van der Waals surface area (Å²) in [7, 11) is 1.54. The average Bonchev–Trinajstić information content (AvgIpc) is 3.37. The minimum Gasteiger partial charge on any atom is -0.507 e. The van der Waals surface area contributed by atoms with Gasteiger partial charge in [-0.1, -0.05) is 6.07 Å². The molecule has 0 aliphatic carbocycles. The zero-order valence-corrected chi connectivity index (χ0v) is 18.3. The van der Waals surface area contributed by atoms with E-state index in [1.54, 1.807) is 49.8 Å². The fourth-order valence-electron chi connectivity index (χ4n) is 3.44. The van der Waals surface area contributed by atoms with E-state index < -0.39 is 17.7 Å². The molecule has 1 aliphatic heterocycles. The van der Waals surface area contributed by atoms with Crippen LogP contribution in [0.25, 0.3) is 5.76 Å². The molecule has 1 saturated heterocycles. The van der Waals surface area contributed by atoms with Gasteiger partial charge in [0.05, 0.1) is 23.2 Å². The Morgan fingerprint density at radius 1 is 1.23 bits per heavy atom. The number of carbonyl (C=O) groups is 2. The summed E-state index contributed by atoms with van der Waals surface area (Å²) in [6.45, 7) is 0.235. The lowest BCUT2D eigenvalue weighted by molar-refractivity contribution is -0.140. The first-order chi connectivity index (χ1) is 14.5. The number of likely N-dealkylation sites (tertiary alicyclic amines) is 1. The minimum absolute atomic E-state index is 0.0774. The van der Waals surface area contributed by atoms with Crippen LogP contribution in [0.5, 0.6) is 5.75 Å². The molecule has 3 heterocycles. The molecule has 1 aromatic carbocycles. The van der Waals surface area contributed by atoms with Gasteiger partial charge in [-0.15, -0.1) is 11.3 Å². The molecule has 0 bridgehead atoms. The largest absolute Gasteiger partial charge is 0.507 e. The van der Waals surface area contributed by atoms with Crippen LogP contribution in [0.2, 0.25) is 0 Å². The van der Waals surface area contributed by atoms with Gasteiger partial charge in [0.2, 0.25) is 0 Å². The van der Waals surface area contributed by atoms with Gasteiger partial charge in [-0.05, 0) is 63.3 Å². The quantitative estimate of drug-likeness (QED) is 0.326. The van der Waals surface area contributed by atoms with Gasteiger partial charge in [0.15, 0.2) is 0 Å². The van der Waals surface area contributed by atoms with Gasteiger partial charge in [0.1, 0.15) is 11.5 Å². The molecule has 1 amide bonds. The number of aliphatic hydroxyl groups is 1. The monoisotopic (exact) mass is 484 g/mol. The van der Waals surface area contributed by atoms with Crippen molar-refractivity contribution in [2.24, 2.45) is 0 Å². The van der Waals surface area contributed by atoms with Crippen molar-refractivity contribution < 1.29 is 19.4 Å². The molecule has 4 rings (SSSR count). The third-order valence-electron chi connectivity index (χ3n) is 4.88. The molecule has 1 N–H and O–H groups in total. The maximum absolute atomic E-state index is 13.0. The van der Waals surface area contributed by atoms with Crippen molar-refractivity contribution in [3.05, 3.63) is 86.3 Å². The molecule has 1 aliphatic rings. The summed E-state index contributed by atoms with van der Waals surface area (Å²) in [5.41, 5.74) is 1.35. The second-order valence-corrected chi connectivity index (χ2v) is 8.48. The van der Waals surface area contributed by atoms with Crippen molar-refractivity contribution in [3.63, 3.8) is 0 Å². The standard InChI is InChI=1S/C22H17BrN2O4S/c1-29-16-5-4-14(11-15(16)23)20(26)18-19(17-3-2-10-30-17)25(22(28)21(18)27)12-13-6-8-24-9-7-13/h2-11,19,26H,12H2,1H3/b20-18-. The van der Waals surface area contributed by atoms with Gasteiger partial charge in [-0.2, -0.15) is 0 Å².